The van der Waals surface area contributed by atoms with E-state index >= 15 is 0 Å². The molecule has 3 nitrogen and oxygen atoms in total. The van der Waals surface area contributed by atoms with Crippen molar-refractivity contribution in [3.63, 3.8) is 0 Å². The molecule has 0 aliphatic carbocycles. The van der Waals surface area contributed by atoms with Crippen LogP contribution in [0, 0.1) is 0 Å². The van der Waals surface area contributed by atoms with Crippen molar-refractivity contribution < 1.29 is 17.9 Å². The van der Waals surface area contributed by atoms with Gasteiger partial charge in [-0.1, -0.05) is 6.07 Å². The number of para-hydroxylation sites is 1. The Morgan fingerprint density at radius 3 is 2.65 bits per heavy atom. The zero-order valence-electron chi connectivity index (χ0n) is 11.0. The fourth-order valence-electron chi connectivity index (χ4n) is 2.06. The second-order valence-electron chi connectivity index (χ2n) is 4.34. The van der Waals surface area contributed by atoms with Gasteiger partial charge in [-0.2, -0.15) is 13.2 Å². The Morgan fingerprint density at radius 1 is 1.40 bits per heavy atom. The molecule has 0 amide bonds. The number of benzene rings is 1. The van der Waals surface area contributed by atoms with Gasteiger partial charge >= 0.3 is 6.18 Å². The van der Waals surface area contributed by atoms with Gasteiger partial charge in [0.2, 0.25) is 0 Å². The molecular formula is C13H14ClF3N2O. The average Bonchev–Trinajstić information content (AvgIpc) is 2.68. The molecule has 2 aromatic rings. The number of aromatic nitrogens is 2. The first-order valence-electron chi connectivity index (χ1n) is 6.16. The Kier molecular flexibility index (Phi) is 4.13. The molecule has 0 N–H and O–H groups in total. The lowest BCUT2D eigenvalue weighted by Crippen LogP contribution is -2.19. The van der Waals surface area contributed by atoms with Crippen LogP contribution >= 0.6 is 11.6 Å². The van der Waals surface area contributed by atoms with Crippen molar-refractivity contribution in [3.05, 3.63) is 24.0 Å². The molecule has 1 atom stereocenters. The lowest BCUT2D eigenvalue weighted by molar-refractivity contribution is -0.140. The molecule has 110 valence electrons. The largest absolute Gasteiger partial charge is 0.492 e. The highest BCUT2D eigenvalue weighted by Gasteiger charge is 2.31. The standard InChI is InChI=1S/C13H14ClF3N2O/c1-3-20-10-6-4-5-9-11(10)18-12(8(2)14)19(9)7-13(15,16)17/h4-6,8H,3,7H2,1-2H3. The molecule has 0 fully saturated rings. The molecule has 0 saturated heterocycles. The second-order valence-corrected chi connectivity index (χ2v) is 5.00. The number of hydrogen-bond acceptors (Lipinski definition) is 2. The normalized spacial score (nSPS) is 13.7. The molecule has 20 heavy (non-hydrogen) atoms. The second kappa shape index (κ2) is 5.52. The predicted molar refractivity (Wildman–Crippen MR) is 71.2 cm³/mol. The van der Waals surface area contributed by atoms with Crippen LogP contribution in [-0.4, -0.2) is 22.3 Å². The summed E-state index contributed by atoms with van der Waals surface area (Å²) in [6.45, 7) is 2.69. The third kappa shape index (κ3) is 3.00. The van der Waals surface area contributed by atoms with Gasteiger partial charge in [0.1, 0.15) is 23.6 Å². The van der Waals surface area contributed by atoms with E-state index in [1.165, 1.54) is 0 Å². The quantitative estimate of drug-likeness (QED) is 0.788. The first-order chi connectivity index (χ1) is 9.33. The number of imidazole rings is 1. The van der Waals surface area contributed by atoms with Gasteiger partial charge in [0.05, 0.1) is 17.5 Å². The van der Waals surface area contributed by atoms with Gasteiger partial charge < -0.3 is 9.30 Å². The van der Waals surface area contributed by atoms with Crippen LogP contribution in [0.2, 0.25) is 0 Å². The Balaban J connectivity index is 2.63. The van der Waals surface area contributed by atoms with Crippen molar-refractivity contribution in [1.82, 2.24) is 9.55 Å². The number of nitrogens with zero attached hydrogens (tertiary/aromatic N) is 2. The van der Waals surface area contributed by atoms with Gasteiger partial charge in [-0.05, 0) is 26.0 Å². The van der Waals surface area contributed by atoms with E-state index in [9.17, 15) is 13.2 Å². The Morgan fingerprint density at radius 2 is 2.10 bits per heavy atom. The molecular weight excluding hydrogens is 293 g/mol. The minimum Gasteiger partial charge on any atom is -0.492 e. The lowest BCUT2D eigenvalue weighted by atomic mass is 10.3. The number of fused-ring (bicyclic) bond motifs is 1. The lowest BCUT2D eigenvalue weighted by Gasteiger charge is -2.12. The van der Waals surface area contributed by atoms with Crippen LogP contribution in [0.1, 0.15) is 25.0 Å². The molecule has 7 heteroatoms. The fraction of sp³-hybridized carbons (Fsp3) is 0.462. The predicted octanol–water partition coefficient (Wildman–Crippen LogP) is 4.30. The van der Waals surface area contributed by atoms with Crippen LogP contribution in [0.25, 0.3) is 11.0 Å². The zero-order valence-corrected chi connectivity index (χ0v) is 11.8. The first-order valence-corrected chi connectivity index (χ1v) is 6.60. The van der Waals surface area contributed by atoms with E-state index in [1.54, 1.807) is 32.0 Å². The summed E-state index contributed by atoms with van der Waals surface area (Å²) in [6.07, 6.45) is -4.34. The number of hydrogen-bond donors (Lipinski definition) is 0. The molecule has 0 bridgehead atoms. The van der Waals surface area contributed by atoms with Crippen molar-refractivity contribution in [3.8, 4) is 5.75 Å². The highest BCUT2D eigenvalue weighted by Crippen LogP contribution is 2.32. The minimum absolute atomic E-state index is 0.186. The summed E-state index contributed by atoms with van der Waals surface area (Å²) in [5, 5.41) is -0.626. The maximum absolute atomic E-state index is 12.7. The van der Waals surface area contributed by atoms with E-state index in [0.29, 0.717) is 23.4 Å². The van der Waals surface area contributed by atoms with E-state index in [2.05, 4.69) is 4.98 Å². The molecule has 0 spiro atoms. The molecule has 1 heterocycles. The van der Waals surface area contributed by atoms with E-state index in [0.717, 1.165) is 4.57 Å². The molecule has 0 aliphatic heterocycles. The van der Waals surface area contributed by atoms with Gasteiger partial charge in [-0.25, -0.2) is 4.98 Å². The molecule has 1 unspecified atom stereocenters. The summed E-state index contributed by atoms with van der Waals surface area (Å²) in [5.74, 6) is 0.649. The van der Waals surface area contributed by atoms with Crippen LogP contribution in [0.15, 0.2) is 18.2 Å². The Labute approximate surface area is 119 Å². The zero-order chi connectivity index (χ0) is 14.9. The van der Waals surface area contributed by atoms with Gasteiger partial charge in [0.25, 0.3) is 0 Å². The summed E-state index contributed by atoms with van der Waals surface area (Å²) in [7, 11) is 0. The Bertz CT molecular complexity index is 607. The van der Waals surface area contributed by atoms with E-state index in [-0.39, 0.29) is 5.82 Å². The van der Waals surface area contributed by atoms with E-state index in [4.69, 9.17) is 16.3 Å². The van der Waals surface area contributed by atoms with Gasteiger partial charge in [0.15, 0.2) is 0 Å². The van der Waals surface area contributed by atoms with E-state index < -0.39 is 18.1 Å². The van der Waals surface area contributed by atoms with Crippen molar-refractivity contribution in [2.75, 3.05) is 6.61 Å². The molecule has 0 saturated carbocycles. The number of ether oxygens (including phenoxy) is 1. The maximum Gasteiger partial charge on any atom is 0.406 e. The van der Waals surface area contributed by atoms with Crippen molar-refractivity contribution in [1.29, 1.82) is 0 Å². The van der Waals surface area contributed by atoms with Gasteiger partial charge in [-0.15, -0.1) is 11.6 Å². The van der Waals surface area contributed by atoms with Crippen molar-refractivity contribution >= 4 is 22.6 Å². The van der Waals surface area contributed by atoms with Crippen LogP contribution in [0.4, 0.5) is 13.2 Å². The minimum atomic E-state index is -4.34. The Hall–Kier alpha value is -1.43. The van der Waals surface area contributed by atoms with Crippen LogP contribution in [-0.2, 0) is 6.54 Å². The van der Waals surface area contributed by atoms with Crippen LogP contribution in [0.5, 0.6) is 5.75 Å². The third-order valence-electron chi connectivity index (χ3n) is 2.76. The monoisotopic (exact) mass is 306 g/mol. The summed E-state index contributed by atoms with van der Waals surface area (Å²) in [6, 6.07) is 4.91. The fourth-order valence-corrected chi connectivity index (χ4v) is 2.23. The number of rotatable bonds is 4. The number of halogens is 4. The molecule has 0 radical (unpaired) electrons. The SMILES string of the molecule is CCOc1cccc2c1nc(C(C)Cl)n2CC(F)(F)F. The highest BCUT2D eigenvalue weighted by molar-refractivity contribution is 6.20. The topological polar surface area (TPSA) is 27.1 Å². The van der Waals surface area contributed by atoms with Gasteiger partial charge in [0, 0.05) is 0 Å². The summed E-state index contributed by atoms with van der Waals surface area (Å²) in [4.78, 5) is 4.22. The van der Waals surface area contributed by atoms with Crippen molar-refractivity contribution in [2.45, 2.75) is 31.9 Å². The molecule has 1 aromatic heterocycles. The molecule has 0 aliphatic rings. The third-order valence-corrected chi connectivity index (χ3v) is 2.96. The first kappa shape index (κ1) is 15.0. The maximum atomic E-state index is 12.7. The molecule has 1 aromatic carbocycles. The highest BCUT2D eigenvalue weighted by atomic mass is 35.5. The van der Waals surface area contributed by atoms with Crippen LogP contribution in [0.3, 0.4) is 0 Å². The summed E-state index contributed by atoms with van der Waals surface area (Å²) >= 11 is 5.95. The van der Waals surface area contributed by atoms with Crippen LogP contribution < -0.4 is 4.74 Å². The number of alkyl halides is 4. The average molecular weight is 307 g/mol. The van der Waals surface area contributed by atoms with Gasteiger partial charge in [-0.3, -0.25) is 0 Å². The summed E-state index contributed by atoms with van der Waals surface area (Å²) in [5.41, 5.74) is 0.775. The smallest absolute Gasteiger partial charge is 0.406 e. The summed E-state index contributed by atoms with van der Waals surface area (Å²) < 4.78 is 44.6. The van der Waals surface area contributed by atoms with Crippen molar-refractivity contribution in [2.24, 2.45) is 0 Å². The molecule has 2 rings (SSSR count). The van der Waals surface area contributed by atoms with E-state index in [1.807, 2.05) is 0 Å².